The molecule has 7 heteroatoms. The van der Waals surface area contributed by atoms with Crippen LogP contribution in [0.5, 0.6) is 0 Å². The van der Waals surface area contributed by atoms with E-state index in [0.717, 1.165) is 44.7 Å². The van der Waals surface area contributed by atoms with Crippen LogP contribution in [-0.2, 0) is 29.7 Å². The van der Waals surface area contributed by atoms with E-state index in [-0.39, 0.29) is 6.54 Å². The van der Waals surface area contributed by atoms with Gasteiger partial charge in [0.15, 0.2) is 0 Å². The number of nitrogens with one attached hydrogen (secondary N) is 1. The van der Waals surface area contributed by atoms with Crippen LogP contribution in [-0.4, -0.2) is 42.4 Å². The van der Waals surface area contributed by atoms with Gasteiger partial charge in [-0.2, -0.15) is 5.10 Å². The molecule has 142 valence electrons. The molecule has 0 saturated heterocycles. The molecule has 1 N–H and O–H groups in total. The summed E-state index contributed by atoms with van der Waals surface area (Å²) < 4.78 is 27.1. The van der Waals surface area contributed by atoms with Crippen LogP contribution in [0.25, 0.3) is 0 Å². The van der Waals surface area contributed by atoms with E-state index in [1.165, 1.54) is 17.5 Å². The second-order valence-corrected chi connectivity index (χ2v) is 9.01. The quantitative estimate of drug-likeness (QED) is 0.805. The highest BCUT2D eigenvalue weighted by Gasteiger charge is 2.18. The summed E-state index contributed by atoms with van der Waals surface area (Å²) in [5.41, 5.74) is 3.34. The van der Waals surface area contributed by atoms with Gasteiger partial charge in [0.1, 0.15) is 0 Å². The molecule has 0 amide bonds. The Hall–Kier alpha value is -1.70. The Labute approximate surface area is 156 Å². The molecule has 1 aliphatic rings. The van der Waals surface area contributed by atoms with Crippen molar-refractivity contribution in [1.82, 2.24) is 19.4 Å². The topological polar surface area (TPSA) is 67.2 Å². The number of hydrogen-bond donors (Lipinski definition) is 1. The molecule has 0 saturated carbocycles. The van der Waals surface area contributed by atoms with E-state index in [9.17, 15) is 8.42 Å². The summed E-state index contributed by atoms with van der Waals surface area (Å²) in [6, 6.07) is 12.7. The molecular formula is C19H28N4O2S. The fourth-order valence-electron chi connectivity index (χ4n) is 3.39. The molecule has 0 aliphatic carbocycles. The van der Waals surface area contributed by atoms with Crippen molar-refractivity contribution in [2.75, 3.05) is 19.3 Å². The first-order chi connectivity index (χ1) is 12.4. The first-order valence-corrected chi connectivity index (χ1v) is 11.1. The van der Waals surface area contributed by atoms with Crippen molar-refractivity contribution in [3.05, 3.63) is 53.3 Å². The lowest BCUT2D eigenvalue weighted by atomic mass is 9.98. The minimum atomic E-state index is -3.20. The molecule has 0 unspecified atom stereocenters. The summed E-state index contributed by atoms with van der Waals surface area (Å²) in [7, 11) is -3.20. The Kier molecular flexibility index (Phi) is 6.11. The van der Waals surface area contributed by atoms with Crippen molar-refractivity contribution >= 4 is 10.0 Å². The second-order valence-electron chi connectivity index (χ2n) is 7.17. The smallest absolute Gasteiger partial charge is 0.209 e. The first-order valence-electron chi connectivity index (χ1n) is 9.18. The molecule has 26 heavy (non-hydrogen) atoms. The van der Waals surface area contributed by atoms with Gasteiger partial charge in [0.25, 0.3) is 0 Å². The van der Waals surface area contributed by atoms with E-state index in [4.69, 9.17) is 0 Å². The lowest BCUT2D eigenvalue weighted by Gasteiger charge is -2.22. The van der Waals surface area contributed by atoms with Crippen LogP contribution in [0.3, 0.4) is 0 Å². The lowest BCUT2D eigenvalue weighted by molar-refractivity contribution is 0.260. The van der Waals surface area contributed by atoms with Gasteiger partial charge >= 0.3 is 0 Å². The third-order valence-corrected chi connectivity index (χ3v) is 5.57. The SMILES string of the molecule is C[C@@H](CCN1CCCn2nc(CNS(C)(=O)=O)cc2C1)c1ccccc1. The van der Waals surface area contributed by atoms with Gasteiger partial charge in [0, 0.05) is 19.6 Å². The predicted molar refractivity (Wildman–Crippen MR) is 103 cm³/mol. The molecule has 0 bridgehead atoms. The normalized spacial score (nSPS) is 16.8. The number of rotatable bonds is 7. The van der Waals surface area contributed by atoms with Crippen molar-refractivity contribution in [1.29, 1.82) is 0 Å². The van der Waals surface area contributed by atoms with Crippen LogP contribution in [0.2, 0.25) is 0 Å². The Morgan fingerprint density at radius 3 is 2.73 bits per heavy atom. The van der Waals surface area contributed by atoms with Crippen LogP contribution in [0.4, 0.5) is 0 Å². The fourth-order valence-corrected chi connectivity index (χ4v) is 3.80. The summed E-state index contributed by atoms with van der Waals surface area (Å²) in [5.74, 6) is 0.541. The number of sulfonamides is 1. The summed E-state index contributed by atoms with van der Waals surface area (Å²) in [5, 5.41) is 4.55. The van der Waals surface area contributed by atoms with E-state index < -0.39 is 10.0 Å². The molecular weight excluding hydrogens is 348 g/mol. The Morgan fingerprint density at radius 2 is 2.00 bits per heavy atom. The zero-order chi connectivity index (χ0) is 18.6. The molecule has 1 atom stereocenters. The van der Waals surface area contributed by atoms with Crippen molar-refractivity contribution in [2.45, 2.75) is 45.3 Å². The maximum atomic E-state index is 11.3. The molecule has 2 heterocycles. The number of nitrogens with zero attached hydrogens (tertiary/aromatic N) is 3. The van der Waals surface area contributed by atoms with Gasteiger partial charge in [-0.15, -0.1) is 0 Å². The monoisotopic (exact) mass is 376 g/mol. The summed E-state index contributed by atoms with van der Waals surface area (Å²) >= 11 is 0. The van der Waals surface area contributed by atoms with Gasteiger partial charge in [-0.1, -0.05) is 37.3 Å². The highest BCUT2D eigenvalue weighted by Crippen LogP contribution is 2.21. The van der Waals surface area contributed by atoms with Crippen molar-refractivity contribution < 1.29 is 8.42 Å². The number of fused-ring (bicyclic) bond motifs is 1. The Balaban J connectivity index is 1.58. The van der Waals surface area contributed by atoms with Crippen LogP contribution in [0, 0.1) is 0 Å². The maximum absolute atomic E-state index is 11.3. The number of benzene rings is 1. The fraction of sp³-hybridized carbons (Fsp3) is 0.526. The minimum Gasteiger partial charge on any atom is -0.297 e. The molecule has 1 aromatic heterocycles. The third kappa shape index (κ3) is 5.40. The maximum Gasteiger partial charge on any atom is 0.209 e. The molecule has 3 rings (SSSR count). The van der Waals surface area contributed by atoms with Crippen molar-refractivity contribution in [2.24, 2.45) is 0 Å². The molecule has 1 aliphatic heterocycles. The van der Waals surface area contributed by atoms with E-state index in [1.54, 1.807) is 0 Å². The van der Waals surface area contributed by atoms with Crippen LogP contribution in [0.15, 0.2) is 36.4 Å². The zero-order valence-corrected chi connectivity index (χ0v) is 16.4. The van der Waals surface area contributed by atoms with Crippen molar-refractivity contribution in [3.8, 4) is 0 Å². The van der Waals surface area contributed by atoms with Gasteiger partial charge in [-0.05, 0) is 36.9 Å². The average molecular weight is 377 g/mol. The third-order valence-electron chi connectivity index (χ3n) is 4.91. The summed E-state index contributed by atoms with van der Waals surface area (Å²) in [4.78, 5) is 2.48. The van der Waals surface area contributed by atoms with E-state index in [0.29, 0.717) is 5.92 Å². The van der Waals surface area contributed by atoms with Gasteiger partial charge in [0.2, 0.25) is 10.0 Å². The predicted octanol–water partition coefficient (Wildman–Crippen LogP) is 2.33. The number of aromatic nitrogens is 2. The average Bonchev–Trinajstić information content (AvgIpc) is 2.89. The van der Waals surface area contributed by atoms with Crippen molar-refractivity contribution in [3.63, 3.8) is 0 Å². The lowest BCUT2D eigenvalue weighted by Crippen LogP contribution is -2.25. The van der Waals surface area contributed by atoms with Gasteiger partial charge < -0.3 is 0 Å². The van der Waals surface area contributed by atoms with E-state index in [1.807, 2.05) is 10.7 Å². The molecule has 0 spiro atoms. The van der Waals surface area contributed by atoms with E-state index >= 15 is 0 Å². The van der Waals surface area contributed by atoms with Gasteiger partial charge in [-0.3, -0.25) is 9.58 Å². The van der Waals surface area contributed by atoms with Crippen LogP contribution >= 0.6 is 0 Å². The summed E-state index contributed by atoms with van der Waals surface area (Å²) in [6.07, 6.45) is 3.36. The molecule has 1 aromatic carbocycles. The Morgan fingerprint density at radius 1 is 1.23 bits per heavy atom. The second kappa shape index (κ2) is 8.33. The molecule has 6 nitrogen and oxygen atoms in total. The summed E-state index contributed by atoms with van der Waals surface area (Å²) in [6.45, 7) is 6.42. The minimum absolute atomic E-state index is 0.254. The number of aryl methyl sites for hydroxylation is 1. The first kappa shape index (κ1) is 19.1. The highest BCUT2D eigenvalue weighted by atomic mass is 32.2. The van der Waals surface area contributed by atoms with Gasteiger partial charge in [0.05, 0.1) is 24.2 Å². The standard InChI is InChI=1S/C19H28N4O2S/c1-16(17-7-4-3-5-8-17)9-12-22-10-6-11-23-19(15-22)13-18(21-23)14-20-26(2,24)25/h3-5,7-8,13,16,20H,6,9-12,14-15H2,1-2H3/t16-/m0/s1. The number of hydrogen-bond acceptors (Lipinski definition) is 4. The molecule has 0 radical (unpaired) electrons. The van der Waals surface area contributed by atoms with Crippen LogP contribution < -0.4 is 4.72 Å². The molecule has 2 aromatic rings. The van der Waals surface area contributed by atoms with Crippen LogP contribution in [0.1, 0.15) is 42.6 Å². The molecule has 0 fully saturated rings. The highest BCUT2D eigenvalue weighted by molar-refractivity contribution is 7.88. The Bertz CT molecular complexity index is 817. The largest absolute Gasteiger partial charge is 0.297 e. The van der Waals surface area contributed by atoms with Gasteiger partial charge in [-0.25, -0.2) is 13.1 Å². The van der Waals surface area contributed by atoms with E-state index in [2.05, 4.69) is 52.0 Å². The zero-order valence-electron chi connectivity index (χ0n) is 15.6.